The summed E-state index contributed by atoms with van der Waals surface area (Å²) in [5, 5.41) is 0. The summed E-state index contributed by atoms with van der Waals surface area (Å²) in [5.41, 5.74) is 1.53. The number of piperazine rings is 1. The van der Waals surface area contributed by atoms with Crippen LogP contribution in [0.5, 0.6) is 0 Å². The van der Waals surface area contributed by atoms with Gasteiger partial charge in [-0.3, -0.25) is 0 Å². The predicted octanol–water partition coefficient (Wildman–Crippen LogP) is 3.12. The molecular weight excluding hydrogens is 320 g/mol. The number of nitrogens with zero attached hydrogens (tertiary/aromatic N) is 2. The Hall–Kier alpha value is -1.85. The molecule has 0 bridgehead atoms. The Bertz CT molecular complexity index is 774. The molecule has 1 heterocycles. The third kappa shape index (κ3) is 3.62. The zero-order valence-electron chi connectivity index (χ0n) is 14.2. The first-order valence-corrected chi connectivity index (χ1v) is 9.84. The van der Waals surface area contributed by atoms with Gasteiger partial charge in [-0.2, -0.15) is 4.31 Å². The highest BCUT2D eigenvalue weighted by atomic mass is 32.2. The van der Waals surface area contributed by atoms with Crippen LogP contribution < -0.4 is 4.90 Å². The summed E-state index contributed by atoms with van der Waals surface area (Å²) in [7, 11) is -3.34. The fourth-order valence-corrected chi connectivity index (χ4v) is 5.32. The van der Waals surface area contributed by atoms with Crippen molar-refractivity contribution in [1.29, 1.82) is 0 Å². The molecule has 0 saturated carbocycles. The van der Waals surface area contributed by atoms with E-state index < -0.39 is 15.6 Å². The number of rotatable bonds is 4. The fourth-order valence-electron chi connectivity index (χ4n) is 3.38. The summed E-state index contributed by atoms with van der Waals surface area (Å²) >= 11 is 0. The third-order valence-electron chi connectivity index (χ3n) is 4.47. The van der Waals surface area contributed by atoms with Crippen molar-refractivity contribution in [1.82, 2.24) is 4.31 Å². The van der Waals surface area contributed by atoms with E-state index in [4.69, 9.17) is 0 Å². The van der Waals surface area contributed by atoms with Gasteiger partial charge in [0.25, 0.3) is 0 Å². The molecule has 1 saturated heterocycles. The van der Waals surface area contributed by atoms with Gasteiger partial charge in [-0.05, 0) is 31.5 Å². The Kier molecular flexibility index (Phi) is 4.65. The smallest absolute Gasteiger partial charge is 0.218 e. The molecule has 0 amide bonds. The Morgan fingerprint density at radius 1 is 0.917 bits per heavy atom. The lowest BCUT2D eigenvalue weighted by Crippen LogP contribution is -2.61. The van der Waals surface area contributed by atoms with E-state index in [0.29, 0.717) is 19.6 Å². The quantitative estimate of drug-likeness (QED) is 0.856. The molecule has 0 radical (unpaired) electrons. The van der Waals surface area contributed by atoms with Crippen LogP contribution in [0, 0.1) is 0 Å². The summed E-state index contributed by atoms with van der Waals surface area (Å²) in [6.45, 7) is 5.92. The molecule has 1 aliphatic heterocycles. The summed E-state index contributed by atoms with van der Waals surface area (Å²) in [5.74, 6) is 0.0581. The number of para-hydroxylation sites is 1. The molecule has 0 unspecified atom stereocenters. The summed E-state index contributed by atoms with van der Waals surface area (Å²) in [4.78, 5) is 2.26. The molecule has 0 atom stereocenters. The second kappa shape index (κ2) is 6.57. The van der Waals surface area contributed by atoms with Crippen LogP contribution in [0.15, 0.2) is 60.7 Å². The van der Waals surface area contributed by atoms with Crippen molar-refractivity contribution in [2.45, 2.75) is 25.1 Å². The van der Waals surface area contributed by atoms with Crippen LogP contribution in [0.3, 0.4) is 0 Å². The summed E-state index contributed by atoms with van der Waals surface area (Å²) in [6.07, 6.45) is 0. The minimum Gasteiger partial charge on any atom is -0.368 e. The van der Waals surface area contributed by atoms with Gasteiger partial charge in [-0.25, -0.2) is 8.42 Å². The van der Waals surface area contributed by atoms with Gasteiger partial charge >= 0.3 is 0 Å². The second-order valence-electron chi connectivity index (χ2n) is 6.88. The molecule has 24 heavy (non-hydrogen) atoms. The fraction of sp³-hybridized carbons (Fsp3) is 0.368. The van der Waals surface area contributed by atoms with Crippen LogP contribution in [-0.4, -0.2) is 37.9 Å². The number of anilines is 1. The van der Waals surface area contributed by atoms with Gasteiger partial charge in [-0.15, -0.1) is 0 Å². The van der Waals surface area contributed by atoms with Gasteiger partial charge in [0, 0.05) is 30.9 Å². The minimum atomic E-state index is -3.34. The zero-order chi connectivity index (χ0) is 17.2. The Balaban J connectivity index is 1.78. The van der Waals surface area contributed by atoms with Crippen LogP contribution in [0.4, 0.5) is 5.69 Å². The first kappa shape index (κ1) is 17.0. The van der Waals surface area contributed by atoms with Crippen molar-refractivity contribution in [3.8, 4) is 0 Å². The number of sulfonamides is 1. The maximum Gasteiger partial charge on any atom is 0.218 e. The highest BCUT2D eigenvalue weighted by Crippen LogP contribution is 2.29. The molecule has 4 nitrogen and oxygen atoms in total. The van der Waals surface area contributed by atoms with Gasteiger partial charge in [0.2, 0.25) is 10.0 Å². The highest BCUT2D eigenvalue weighted by molar-refractivity contribution is 7.88. The van der Waals surface area contributed by atoms with Gasteiger partial charge in [0.15, 0.2) is 0 Å². The van der Waals surface area contributed by atoms with Gasteiger partial charge < -0.3 is 4.90 Å². The number of hydrogen-bond acceptors (Lipinski definition) is 3. The molecule has 0 aliphatic carbocycles. The van der Waals surface area contributed by atoms with Crippen molar-refractivity contribution >= 4 is 15.7 Å². The first-order valence-electron chi connectivity index (χ1n) is 8.23. The van der Waals surface area contributed by atoms with E-state index in [2.05, 4.69) is 17.0 Å². The largest absolute Gasteiger partial charge is 0.368 e. The lowest BCUT2D eigenvalue weighted by Gasteiger charge is -2.47. The van der Waals surface area contributed by atoms with Crippen LogP contribution in [-0.2, 0) is 15.8 Å². The molecule has 1 aliphatic rings. The van der Waals surface area contributed by atoms with Gasteiger partial charge in [-0.1, -0.05) is 48.5 Å². The average molecular weight is 344 g/mol. The van der Waals surface area contributed by atoms with Crippen LogP contribution in [0.2, 0.25) is 0 Å². The molecule has 3 rings (SSSR count). The molecule has 128 valence electrons. The van der Waals surface area contributed by atoms with Gasteiger partial charge in [0.1, 0.15) is 0 Å². The predicted molar refractivity (Wildman–Crippen MR) is 98.5 cm³/mol. The topological polar surface area (TPSA) is 40.6 Å². The Labute approximate surface area is 144 Å². The SMILES string of the molecule is CC1(C)CN(c2ccccc2)CCN1S(=O)(=O)Cc1ccccc1. The van der Waals surface area contributed by atoms with E-state index >= 15 is 0 Å². The van der Waals surface area contributed by atoms with Crippen LogP contribution in [0.1, 0.15) is 19.4 Å². The molecule has 2 aromatic rings. The maximum atomic E-state index is 12.9. The summed E-state index contributed by atoms with van der Waals surface area (Å²) in [6, 6.07) is 19.6. The van der Waals surface area contributed by atoms with Crippen LogP contribution in [0.25, 0.3) is 0 Å². The molecule has 1 fully saturated rings. The van der Waals surface area contributed by atoms with Gasteiger partial charge in [0.05, 0.1) is 5.75 Å². The van der Waals surface area contributed by atoms with E-state index in [1.807, 2.05) is 62.4 Å². The molecule has 0 spiro atoms. The molecule has 0 N–H and O–H groups in total. The number of hydrogen-bond donors (Lipinski definition) is 0. The van der Waals surface area contributed by atoms with E-state index in [1.165, 1.54) is 0 Å². The van der Waals surface area contributed by atoms with Crippen molar-refractivity contribution in [2.24, 2.45) is 0 Å². The zero-order valence-corrected chi connectivity index (χ0v) is 15.0. The standard InChI is InChI=1S/C19H24N2O2S/c1-19(2)16-20(18-11-7-4-8-12-18)13-14-21(19)24(22,23)15-17-9-5-3-6-10-17/h3-12H,13-16H2,1-2H3. The lowest BCUT2D eigenvalue weighted by molar-refractivity contribution is 0.205. The molecule has 5 heteroatoms. The van der Waals surface area contributed by atoms with Crippen LogP contribution >= 0.6 is 0 Å². The first-order chi connectivity index (χ1) is 11.4. The summed E-state index contributed by atoms with van der Waals surface area (Å²) < 4.78 is 27.5. The minimum absolute atomic E-state index is 0.0581. The van der Waals surface area contributed by atoms with Crippen molar-refractivity contribution in [2.75, 3.05) is 24.5 Å². The molecular formula is C19H24N2O2S. The van der Waals surface area contributed by atoms with Crippen molar-refractivity contribution in [3.63, 3.8) is 0 Å². The third-order valence-corrected chi connectivity index (χ3v) is 6.52. The van der Waals surface area contributed by atoms with E-state index in [9.17, 15) is 8.42 Å². The average Bonchev–Trinajstić information content (AvgIpc) is 2.55. The second-order valence-corrected chi connectivity index (χ2v) is 8.78. The van der Waals surface area contributed by atoms with E-state index in [1.54, 1.807) is 4.31 Å². The monoisotopic (exact) mass is 344 g/mol. The molecule has 2 aromatic carbocycles. The maximum absolute atomic E-state index is 12.9. The highest BCUT2D eigenvalue weighted by Gasteiger charge is 2.40. The van der Waals surface area contributed by atoms with Crippen molar-refractivity contribution in [3.05, 3.63) is 66.2 Å². The lowest BCUT2D eigenvalue weighted by atomic mass is 10.0. The normalized spacial score (nSPS) is 18.5. The Morgan fingerprint density at radius 3 is 2.08 bits per heavy atom. The molecule has 0 aromatic heterocycles. The Morgan fingerprint density at radius 2 is 1.50 bits per heavy atom. The number of benzene rings is 2. The van der Waals surface area contributed by atoms with E-state index in [0.717, 1.165) is 11.3 Å². The van der Waals surface area contributed by atoms with Crippen molar-refractivity contribution < 1.29 is 8.42 Å². The van der Waals surface area contributed by atoms with E-state index in [-0.39, 0.29) is 5.75 Å².